The summed E-state index contributed by atoms with van der Waals surface area (Å²) < 4.78 is 37.3. The van der Waals surface area contributed by atoms with Gasteiger partial charge in [0.15, 0.2) is 5.25 Å². The summed E-state index contributed by atoms with van der Waals surface area (Å²) in [6.45, 7) is 4.53. The van der Waals surface area contributed by atoms with Crippen LogP contribution in [0.1, 0.15) is 110 Å². The van der Waals surface area contributed by atoms with Gasteiger partial charge in [-0.15, -0.1) is 0 Å². The van der Waals surface area contributed by atoms with Crippen LogP contribution >= 0.6 is 0 Å². The fourth-order valence-electron chi connectivity index (χ4n) is 3.00. The predicted molar refractivity (Wildman–Crippen MR) is 114 cm³/mol. The Labute approximate surface area is 189 Å². The summed E-state index contributed by atoms with van der Waals surface area (Å²) in [5.41, 5.74) is 0. The van der Waals surface area contributed by atoms with Crippen LogP contribution < -0.4 is 0 Å². The molecule has 27 heavy (non-hydrogen) atoms. The zero-order valence-electron chi connectivity index (χ0n) is 16.9. The zero-order chi connectivity index (χ0) is 19.7. The van der Waals surface area contributed by atoms with Crippen molar-refractivity contribution >= 4 is 45.6 Å². The Morgan fingerprint density at radius 1 is 0.778 bits per heavy atom. The van der Waals surface area contributed by atoms with E-state index in [-0.39, 0.29) is 42.6 Å². The quantitative estimate of drug-likeness (QED) is 0.147. The third kappa shape index (κ3) is 18.2. The average Bonchev–Trinajstić information content (AvgIpc) is 2.58. The van der Waals surface area contributed by atoms with Crippen molar-refractivity contribution in [1.29, 1.82) is 0 Å². The Kier molecular flexibility index (Phi) is 21.6. The van der Waals surface area contributed by atoms with Crippen LogP contribution in [0.2, 0.25) is 0 Å². The van der Waals surface area contributed by atoms with E-state index in [0.29, 0.717) is 6.42 Å². The van der Waals surface area contributed by atoms with Crippen LogP contribution in [0.15, 0.2) is 0 Å². The monoisotopic (exact) mass is 416 g/mol. The van der Waals surface area contributed by atoms with Gasteiger partial charge in [-0.25, -0.2) is 0 Å². The molecule has 158 valence electrons. The van der Waals surface area contributed by atoms with Crippen molar-refractivity contribution in [3.05, 3.63) is 0 Å². The first-order valence-electron chi connectivity index (χ1n) is 10.6. The molecule has 0 radical (unpaired) electrons. The molecule has 0 heterocycles. The first-order chi connectivity index (χ1) is 12.4. The van der Waals surface area contributed by atoms with Crippen LogP contribution in [0, 0.1) is 0 Å². The molecule has 0 amide bonds. The van der Waals surface area contributed by atoms with Crippen LogP contribution in [0.3, 0.4) is 0 Å². The van der Waals surface area contributed by atoms with E-state index >= 15 is 0 Å². The molecule has 0 rings (SSSR count). The second kappa shape index (κ2) is 19.7. The summed E-state index contributed by atoms with van der Waals surface area (Å²) >= 11 is 0. The minimum absolute atomic E-state index is 0. The number of carbonyl (C=O) groups is 1. The third-order valence-electron chi connectivity index (χ3n) is 4.68. The van der Waals surface area contributed by atoms with Crippen LogP contribution in [-0.4, -0.2) is 60.4 Å². The van der Waals surface area contributed by atoms with Gasteiger partial charge in [-0.3, -0.25) is 9.35 Å². The molecule has 0 saturated carbocycles. The molecule has 5 nitrogen and oxygen atoms in total. The molecule has 0 aromatic heterocycles. The molecule has 1 N–H and O–H groups in total. The summed E-state index contributed by atoms with van der Waals surface area (Å²) in [6.07, 6.45) is 15.3. The second-order valence-corrected chi connectivity index (χ2v) is 8.80. The maximum absolute atomic E-state index is 12.0. The fraction of sp³-hybridized carbons (Fsp3) is 0.950. The van der Waals surface area contributed by atoms with E-state index in [1.807, 2.05) is 0 Å². The van der Waals surface area contributed by atoms with Gasteiger partial charge >= 0.3 is 35.5 Å². The van der Waals surface area contributed by atoms with Crippen molar-refractivity contribution in [2.24, 2.45) is 0 Å². The van der Waals surface area contributed by atoms with Gasteiger partial charge in [0, 0.05) is 0 Å². The van der Waals surface area contributed by atoms with Crippen molar-refractivity contribution in [2.45, 2.75) is 115 Å². The van der Waals surface area contributed by atoms with Gasteiger partial charge < -0.3 is 4.74 Å². The van der Waals surface area contributed by atoms with Crippen molar-refractivity contribution in [3.63, 3.8) is 0 Å². The number of unbranched alkanes of at least 4 members (excludes halogenated alkanes) is 12. The average molecular weight is 417 g/mol. The van der Waals surface area contributed by atoms with E-state index in [0.717, 1.165) is 44.9 Å². The normalized spacial score (nSPS) is 12.4. The fourth-order valence-corrected chi connectivity index (χ4v) is 3.78. The standard InChI is InChI=1S/C20H40O5S.Na.H/c1-3-5-7-9-10-11-12-13-14-15-17-19(26(22,23)24)20(21)25-18-16-8-6-4-2;;/h19H,3-18H2,1-2H3,(H,22,23,24);;. The molecular formula is C20H41NaO5S. The van der Waals surface area contributed by atoms with E-state index in [9.17, 15) is 17.8 Å². The number of carbonyl (C=O) groups excluding carboxylic acids is 1. The molecular weight excluding hydrogens is 375 g/mol. The third-order valence-corrected chi connectivity index (χ3v) is 5.83. The molecule has 0 aliphatic carbocycles. The molecule has 0 bridgehead atoms. The summed E-state index contributed by atoms with van der Waals surface area (Å²) in [4.78, 5) is 12.0. The summed E-state index contributed by atoms with van der Waals surface area (Å²) in [6, 6.07) is 0. The Balaban J connectivity index is 0. The molecule has 0 aromatic carbocycles. The van der Waals surface area contributed by atoms with Gasteiger partial charge in [-0.1, -0.05) is 97.3 Å². The number of hydrogen-bond donors (Lipinski definition) is 1. The van der Waals surface area contributed by atoms with Gasteiger partial charge in [-0.05, 0) is 12.8 Å². The molecule has 1 unspecified atom stereocenters. The van der Waals surface area contributed by atoms with Crippen molar-refractivity contribution < 1.29 is 22.5 Å². The molecule has 0 fully saturated rings. The van der Waals surface area contributed by atoms with Gasteiger partial charge in [0.1, 0.15) is 0 Å². The number of ether oxygens (including phenoxy) is 1. The zero-order valence-corrected chi connectivity index (χ0v) is 17.7. The molecule has 7 heteroatoms. The van der Waals surface area contributed by atoms with E-state index in [4.69, 9.17) is 4.74 Å². The Morgan fingerprint density at radius 3 is 1.63 bits per heavy atom. The topological polar surface area (TPSA) is 80.7 Å². The summed E-state index contributed by atoms with van der Waals surface area (Å²) in [5.74, 6) is -0.806. The maximum atomic E-state index is 12.0. The molecule has 0 saturated heterocycles. The number of hydrogen-bond acceptors (Lipinski definition) is 4. The molecule has 0 spiro atoms. The van der Waals surface area contributed by atoms with Crippen LogP contribution in [0.4, 0.5) is 0 Å². The van der Waals surface area contributed by atoms with Crippen molar-refractivity contribution in [3.8, 4) is 0 Å². The first kappa shape index (κ1) is 29.6. The van der Waals surface area contributed by atoms with Crippen LogP contribution in [-0.2, 0) is 19.6 Å². The van der Waals surface area contributed by atoms with Crippen molar-refractivity contribution in [1.82, 2.24) is 0 Å². The van der Waals surface area contributed by atoms with Gasteiger partial charge in [0.25, 0.3) is 10.1 Å². The summed E-state index contributed by atoms with van der Waals surface area (Å²) in [5, 5.41) is -1.43. The van der Waals surface area contributed by atoms with Gasteiger partial charge in [-0.2, -0.15) is 8.42 Å². The SMILES string of the molecule is CCCCCCCCCCCCC(C(=O)OCCCCCC)S(=O)(=O)O.[NaH]. The van der Waals surface area contributed by atoms with Gasteiger partial charge in [0.2, 0.25) is 0 Å². The van der Waals surface area contributed by atoms with Crippen molar-refractivity contribution in [2.75, 3.05) is 6.61 Å². The van der Waals surface area contributed by atoms with E-state index in [1.165, 1.54) is 38.5 Å². The number of esters is 1. The first-order valence-corrected chi connectivity index (χ1v) is 12.1. The molecule has 0 aliphatic heterocycles. The van der Waals surface area contributed by atoms with Crippen LogP contribution in [0.25, 0.3) is 0 Å². The molecule has 0 aliphatic rings. The Hall–Kier alpha value is 0.380. The predicted octanol–water partition coefficient (Wildman–Crippen LogP) is 5.03. The van der Waals surface area contributed by atoms with E-state index < -0.39 is 21.3 Å². The Morgan fingerprint density at radius 2 is 1.19 bits per heavy atom. The minimum atomic E-state index is -4.40. The second-order valence-electron chi connectivity index (χ2n) is 7.20. The molecule has 0 aromatic rings. The van der Waals surface area contributed by atoms with Crippen LogP contribution in [0.5, 0.6) is 0 Å². The van der Waals surface area contributed by atoms with E-state index in [1.54, 1.807) is 0 Å². The summed E-state index contributed by atoms with van der Waals surface area (Å²) in [7, 11) is -4.40. The Bertz CT molecular complexity index is 440. The molecule has 1 atom stereocenters. The number of rotatable bonds is 18. The van der Waals surface area contributed by atoms with Gasteiger partial charge in [0.05, 0.1) is 6.61 Å². The van der Waals surface area contributed by atoms with E-state index in [2.05, 4.69) is 13.8 Å².